The van der Waals surface area contributed by atoms with E-state index in [1.165, 1.54) is 4.31 Å². The summed E-state index contributed by atoms with van der Waals surface area (Å²) in [6.45, 7) is 4.41. The Balaban J connectivity index is 1.58. The number of imidazole rings is 1. The molecule has 4 heterocycles. The highest BCUT2D eigenvalue weighted by atomic mass is 32.2. The van der Waals surface area contributed by atoms with Crippen molar-refractivity contribution in [3.63, 3.8) is 0 Å². The fourth-order valence-corrected chi connectivity index (χ4v) is 6.27. The summed E-state index contributed by atoms with van der Waals surface area (Å²) in [5, 5.41) is 0.848. The maximum Gasteiger partial charge on any atom is 0.326 e. The van der Waals surface area contributed by atoms with E-state index in [2.05, 4.69) is 15.0 Å². The van der Waals surface area contributed by atoms with Gasteiger partial charge in [-0.15, -0.1) is 0 Å². The molecule has 4 aromatic rings. The Labute approximate surface area is 173 Å². The van der Waals surface area contributed by atoms with Gasteiger partial charge in [0.15, 0.2) is 0 Å². The number of piperidine rings is 1. The molecule has 0 unspecified atom stereocenters. The number of H-pyrrole nitrogens is 2. The van der Waals surface area contributed by atoms with Crippen molar-refractivity contribution >= 4 is 32.1 Å². The molecule has 5 rings (SSSR count). The molecule has 0 saturated carbocycles. The Hall–Kier alpha value is -2.91. The Kier molecular flexibility index (Phi) is 4.33. The summed E-state index contributed by atoms with van der Waals surface area (Å²) in [5.74, 6) is 0. The lowest BCUT2D eigenvalue weighted by Crippen LogP contribution is -2.42. The van der Waals surface area contributed by atoms with E-state index in [0.29, 0.717) is 29.0 Å². The second-order valence-electron chi connectivity index (χ2n) is 7.99. The van der Waals surface area contributed by atoms with Crippen molar-refractivity contribution in [3.8, 4) is 0 Å². The van der Waals surface area contributed by atoms with Crippen molar-refractivity contribution in [2.24, 2.45) is 0 Å². The molecule has 1 aliphatic rings. The second kappa shape index (κ2) is 6.82. The predicted molar refractivity (Wildman–Crippen MR) is 115 cm³/mol. The first-order chi connectivity index (χ1) is 14.4. The van der Waals surface area contributed by atoms with Crippen molar-refractivity contribution in [1.29, 1.82) is 0 Å². The maximum atomic E-state index is 13.4. The van der Waals surface area contributed by atoms with Gasteiger partial charge >= 0.3 is 5.69 Å². The van der Waals surface area contributed by atoms with Gasteiger partial charge in [-0.2, -0.15) is 4.31 Å². The quantitative estimate of drug-likeness (QED) is 0.527. The molecule has 8 nitrogen and oxygen atoms in total. The van der Waals surface area contributed by atoms with E-state index in [1.54, 1.807) is 23.0 Å². The fourth-order valence-electron chi connectivity index (χ4n) is 4.44. The summed E-state index contributed by atoms with van der Waals surface area (Å²) in [6, 6.07) is 7.11. The Morgan fingerprint density at radius 1 is 1.20 bits per heavy atom. The number of rotatable bonds is 3. The first-order valence-electron chi connectivity index (χ1n) is 10.00. The van der Waals surface area contributed by atoms with Crippen LogP contribution in [0.25, 0.3) is 22.1 Å². The molecule has 1 atom stereocenters. The van der Waals surface area contributed by atoms with Gasteiger partial charge in [-0.25, -0.2) is 18.2 Å². The summed E-state index contributed by atoms with van der Waals surface area (Å²) in [6.07, 6.45) is 4.85. The number of nitrogens with zero attached hydrogens (tertiary/aromatic N) is 3. The van der Waals surface area contributed by atoms with E-state index < -0.39 is 10.0 Å². The number of aromatic nitrogens is 4. The lowest BCUT2D eigenvalue weighted by atomic mass is 10.1. The molecule has 3 aromatic heterocycles. The number of fused-ring (bicyclic) bond motifs is 3. The molecule has 30 heavy (non-hydrogen) atoms. The monoisotopic (exact) mass is 425 g/mol. The van der Waals surface area contributed by atoms with E-state index >= 15 is 0 Å². The Morgan fingerprint density at radius 2 is 2.03 bits per heavy atom. The second-order valence-corrected chi connectivity index (χ2v) is 9.90. The highest BCUT2D eigenvalue weighted by Crippen LogP contribution is 2.31. The first-order valence-corrected chi connectivity index (χ1v) is 11.4. The largest absolute Gasteiger partial charge is 0.346 e. The minimum Gasteiger partial charge on any atom is -0.346 e. The average molecular weight is 426 g/mol. The molecule has 1 saturated heterocycles. The number of aryl methyl sites for hydroxylation is 2. The van der Waals surface area contributed by atoms with Gasteiger partial charge in [-0.1, -0.05) is 12.1 Å². The van der Waals surface area contributed by atoms with E-state index in [9.17, 15) is 13.2 Å². The fraction of sp³-hybridized carbons (Fsp3) is 0.333. The summed E-state index contributed by atoms with van der Waals surface area (Å²) < 4.78 is 30.0. The van der Waals surface area contributed by atoms with E-state index in [-0.39, 0.29) is 18.3 Å². The molecule has 1 aromatic carbocycles. The van der Waals surface area contributed by atoms with Gasteiger partial charge in [-0.3, -0.25) is 4.57 Å². The molecule has 0 amide bonds. The molecule has 0 bridgehead atoms. The van der Waals surface area contributed by atoms with Crippen LogP contribution in [0.15, 0.2) is 46.3 Å². The number of pyridine rings is 1. The zero-order chi connectivity index (χ0) is 21.0. The number of hydrogen-bond acceptors (Lipinski definition) is 4. The SMILES string of the molecule is Cc1ccc(C)c(S(=O)(=O)N2CCC[C@@H](n3c(=O)[nH]c4cnc5[nH]ccc5c43)C2)c1. The third-order valence-corrected chi connectivity index (χ3v) is 7.95. The predicted octanol–water partition coefficient (Wildman–Crippen LogP) is 2.85. The van der Waals surface area contributed by atoms with Gasteiger partial charge in [0.25, 0.3) is 0 Å². The normalized spacial score (nSPS) is 18.4. The van der Waals surface area contributed by atoms with Crippen molar-refractivity contribution < 1.29 is 8.42 Å². The number of hydrogen-bond donors (Lipinski definition) is 2. The minimum absolute atomic E-state index is 0.239. The summed E-state index contributed by atoms with van der Waals surface area (Å²) in [7, 11) is -3.65. The lowest BCUT2D eigenvalue weighted by Gasteiger charge is -2.33. The van der Waals surface area contributed by atoms with Gasteiger partial charge in [0, 0.05) is 24.7 Å². The van der Waals surface area contributed by atoms with Crippen LogP contribution in [0.4, 0.5) is 0 Å². The highest BCUT2D eigenvalue weighted by molar-refractivity contribution is 7.89. The van der Waals surface area contributed by atoms with Gasteiger partial charge in [-0.05, 0) is 49.9 Å². The van der Waals surface area contributed by atoms with Gasteiger partial charge in [0.2, 0.25) is 10.0 Å². The first kappa shape index (κ1) is 19.1. The van der Waals surface area contributed by atoms with Crippen LogP contribution in [0.3, 0.4) is 0 Å². The van der Waals surface area contributed by atoms with E-state index in [1.807, 2.05) is 32.0 Å². The summed E-state index contributed by atoms with van der Waals surface area (Å²) in [4.78, 5) is 23.4. The highest BCUT2D eigenvalue weighted by Gasteiger charge is 2.33. The smallest absolute Gasteiger partial charge is 0.326 e. The number of nitrogens with one attached hydrogen (secondary N) is 2. The topological polar surface area (TPSA) is 104 Å². The van der Waals surface area contributed by atoms with Crippen LogP contribution in [0.1, 0.15) is 30.0 Å². The third-order valence-electron chi connectivity index (χ3n) is 5.95. The molecule has 0 aliphatic carbocycles. The summed E-state index contributed by atoms with van der Waals surface area (Å²) in [5.41, 5.74) is 3.52. The van der Waals surface area contributed by atoms with Gasteiger partial charge in [0.05, 0.1) is 28.2 Å². The van der Waals surface area contributed by atoms with Crippen LogP contribution in [0.2, 0.25) is 0 Å². The van der Waals surface area contributed by atoms with Crippen LogP contribution in [0.5, 0.6) is 0 Å². The zero-order valence-corrected chi connectivity index (χ0v) is 17.7. The lowest BCUT2D eigenvalue weighted by molar-refractivity contribution is 0.267. The molecule has 9 heteroatoms. The van der Waals surface area contributed by atoms with Gasteiger partial charge in [0.1, 0.15) is 5.65 Å². The third kappa shape index (κ3) is 2.88. The van der Waals surface area contributed by atoms with Crippen molar-refractivity contribution in [2.45, 2.75) is 37.6 Å². The minimum atomic E-state index is -3.65. The van der Waals surface area contributed by atoms with Crippen LogP contribution >= 0.6 is 0 Å². The van der Waals surface area contributed by atoms with Crippen molar-refractivity contribution in [1.82, 2.24) is 23.8 Å². The molecule has 156 valence electrons. The van der Waals surface area contributed by atoms with Crippen LogP contribution < -0.4 is 5.69 Å². The molecule has 1 aliphatic heterocycles. The van der Waals surface area contributed by atoms with Crippen molar-refractivity contribution in [2.75, 3.05) is 13.1 Å². The van der Waals surface area contributed by atoms with Crippen molar-refractivity contribution in [3.05, 3.63) is 58.3 Å². The Bertz CT molecular complexity index is 1430. The number of sulfonamides is 1. The van der Waals surface area contributed by atoms with Crippen LogP contribution in [-0.2, 0) is 10.0 Å². The zero-order valence-electron chi connectivity index (χ0n) is 16.8. The van der Waals surface area contributed by atoms with E-state index in [0.717, 1.165) is 28.5 Å². The standard InChI is InChI=1S/C21H23N5O3S/c1-13-5-6-14(2)18(10-13)30(28,29)25-9-3-4-15(12-25)26-19-16-7-8-22-20(16)23-11-17(19)24-21(26)27/h5-8,10-11,15H,3-4,9,12H2,1-2H3,(H,22,23)(H,24,27)/t15-/m1/s1. The Morgan fingerprint density at radius 3 is 2.87 bits per heavy atom. The average Bonchev–Trinajstić information content (AvgIpc) is 3.33. The van der Waals surface area contributed by atoms with Crippen LogP contribution in [0, 0.1) is 13.8 Å². The molecule has 1 fully saturated rings. The van der Waals surface area contributed by atoms with Crippen LogP contribution in [-0.4, -0.2) is 45.3 Å². The molecular weight excluding hydrogens is 402 g/mol. The van der Waals surface area contributed by atoms with E-state index in [4.69, 9.17) is 0 Å². The molecule has 0 radical (unpaired) electrons. The maximum absolute atomic E-state index is 13.4. The number of benzene rings is 1. The van der Waals surface area contributed by atoms with Gasteiger partial charge < -0.3 is 9.97 Å². The molecule has 2 N–H and O–H groups in total. The molecular formula is C21H23N5O3S. The summed E-state index contributed by atoms with van der Waals surface area (Å²) >= 11 is 0. The number of aromatic amines is 2. The molecule has 0 spiro atoms.